The van der Waals surface area contributed by atoms with Crippen LogP contribution in [-0.2, 0) is 6.54 Å². The van der Waals surface area contributed by atoms with Gasteiger partial charge in [-0.3, -0.25) is 4.68 Å². The van der Waals surface area contributed by atoms with E-state index < -0.39 is 0 Å². The summed E-state index contributed by atoms with van der Waals surface area (Å²) in [5, 5.41) is 4.54. The van der Waals surface area contributed by atoms with Crippen LogP contribution in [-0.4, -0.2) is 9.78 Å². The van der Waals surface area contributed by atoms with Crippen molar-refractivity contribution in [2.24, 2.45) is 5.92 Å². The first-order valence-electron chi connectivity index (χ1n) is 5.38. The largest absolute Gasteiger partial charge is 0.268 e. The Bertz CT molecular complexity index is 324. The van der Waals surface area contributed by atoms with Gasteiger partial charge < -0.3 is 0 Å². The van der Waals surface area contributed by atoms with Crippen molar-refractivity contribution in [2.45, 2.75) is 46.1 Å². The van der Waals surface area contributed by atoms with E-state index in [0.29, 0.717) is 0 Å². The van der Waals surface area contributed by atoms with Gasteiger partial charge in [-0.25, -0.2) is 0 Å². The molecule has 14 heavy (non-hydrogen) atoms. The van der Waals surface area contributed by atoms with E-state index in [1.807, 2.05) is 0 Å². The van der Waals surface area contributed by atoms with Gasteiger partial charge in [-0.05, 0) is 48.5 Å². The van der Waals surface area contributed by atoms with Gasteiger partial charge in [0.2, 0.25) is 0 Å². The minimum absolute atomic E-state index is 0.861. The minimum Gasteiger partial charge on any atom is -0.268 e. The molecule has 78 valence electrons. The van der Waals surface area contributed by atoms with Crippen molar-refractivity contribution < 1.29 is 0 Å². The van der Waals surface area contributed by atoms with Gasteiger partial charge >= 0.3 is 0 Å². The van der Waals surface area contributed by atoms with E-state index in [-0.39, 0.29) is 0 Å². The number of hydrogen-bond donors (Lipinski definition) is 0. The van der Waals surface area contributed by atoms with Crippen LogP contribution in [0.3, 0.4) is 0 Å². The van der Waals surface area contributed by atoms with Gasteiger partial charge in [0.15, 0.2) is 0 Å². The van der Waals surface area contributed by atoms with Gasteiger partial charge in [0.1, 0.15) is 0 Å². The van der Waals surface area contributed by atoms with E-state index in [1.54, 1.807) is 0 Å². The predicted molar refractivity (Wildman–Crippen MR) is 61.4 cm³/mol. The van der Waals surface area contributed by atoms with E-state index in [2.05, 4.69) is 39.6 Å². The SMILES string of the molecule is Cc1nn(CC2CCCC2)c(C)c1Br. The van der Waals surface area contributed by atoms with Crippen LogP contribution in [0, 0.1) is 19.8 Å². The Kier molecular flexibility index (Phi) is 2.96. The fraction of sp³-hybridized carbons (Fsp3) is 0.727. The standard InChI is InChI=1S/C11H17BrN2/c1-8-11(12)9(2)14(13-8)7-10-5-3-4-6-10/h10H,3-7H2,1-2H3. The molecule has 0 bridgehead atoms. The predicted octanol–water partition coefficient (Wildman–Crippen LogP) is 3.45. The molecule has 2 rings (SSSR count). The zero-order valence-electron chi connectivity index (χ0n) is 8.89. The summed E-state index contributed by atoms with van der Waals surface area (Å²) >= 11 is 3.57. The molecule has 0 N–H and O–H groups in total. The maximum absolute atomic E-state index is 4.54. The highest BCUT2D eigenvalue weighted by molar-refractivity contribution is 9.10. The Labute approximate surface area is 93.8 Å². The molecule has 0 amide bonds. The Morgan fingerprint density at radius 3 is 2.50 bits per heavy atom. The third-order valence-corrected chi connectivity index (χ3v) is 4.35. The summed E-state index contributed by atoms with van der Waals surface area (Å²) < 4.78 is 3.34. The first kappa shape index (κ1) is 10.2. The van der Waals surface area contributed by atoms with Crippen LogP contribution in [0.25, 0.3) is 0 Å². The summed E-state index contributed by atoms with van der Waals surface area (Å²) in [4.78, 5) is 0. The smallest absolute Gasteiger partial charge is 0.0738 e. The summed E-state index contributed by atoms with van der Waals surface area (Å²) in [6, 6.07) is 0. The molecule has 1 aromatic heterocycles. The molecule has 1 aromatic rings. The average Bonchev–Trinajstić information content (AvgIpc) is 2.73. The molecule has 3 heteroatoms. The van der Waals surface area contributed by atoms with Gasteiger partial charge in [0.05, 0.1) is 10.2 Å². The zero-order valence-corrected chi connectivity index (χ0v) is 10.5. The number of aromatic nitrogens is 2. The Hall–Kier alpha value is -0.310. The molecule has 0 saturated heterocycles. The second-order valence-electron chi connectivity index (χ2n) is 4.32. The van der Waals surface area contributed by atoms with Crippen LogP contribution in [0.15, 0.2) is 4.47 Å². The van der Waals surface area contributed by atoms with Crippen molar-refractivity contribution in [2.75, 3.05) is 0 Å². The molecule has 0 aliphatic heterocycles. The molecule has 0 unspecified atom stereocenters. The summed E-state index contributed by atoms with van der Waals surface area (Å²) in [5.41, 5.74) is 2.38. The van der Waals surface area contributed by atoms with E-state index in [4.69, 9.17) is 0 Å². The zero-order chi connectivity index (χ0) is 10.1. The Morgan fingerprint density at radius 2 is 2.00 bits per heavy atom. The summed E-state index contributed by atoms with van der Waals surface area (Å²) in [5.74, 6) is 0.861. The van der Waals surface area contributed by atoms with Gasteiger partial charge in [0, 0.05) is 12.2 Å². The first-order chi connectivity index (χ1) is 6.68. The lowest BCUT2D eigenvalue weighted by Crippen LogP contribution is -2.10. The molecule has 0 aromatic carbocycles. The van der Waals surface area contributed by atoms with Crippen molar-refractivity contribution in [1.82, 2.24) is 9.78 Å². The van der Waals surface area contributed by atoms with Gasteiger partial charge in [-0.1, -0.05) is 12.8 Å². The molecule has 0 atom stereocenters. The number of hydrogen-bond acceptors (Lipinski definition) is 1. The molecule has 1 aliphatic carbocycles. The van der Waals surface area contributed by atoms with Crippen LogP contribution in [0.4, 0.5) is 0 Å². The molecular formula is C11H17BrN2. The van der Waals surface area contributed by atoms with E-state index in [0.717, 1.165) is 18.2 Å². The third kappa shape index (κ3) is 1.88. The maximum atomic E-state index is 4.54. The monoisotopic (exact) mass is 256 g/mol. The van der Waals surface area contributed by atoms with Gasteiger partial charge in [0.25, 0.3) is 0 Å². The van der Waals surface area contributed by atoms with E-state index in [1.165, 1.54) is 35.8 Å². The molecule has 0 radical (unpaired) electrons. The second kappa shape index (κ2) is 4.05. The van der Waals surface area contributed by atoms with Crippen molar-refractivity contribution in [3.63, 3.8) is 0 Å². The van der Waals surface area contributed by atoms with Crippen molar-refractivity contribution in [3.05, 3.63) is 15.9 Å². The van der Waals surface area contributed by atoms with Crippen molar-refractivity contribution in [1.29, 1.82) is 0 Å². The molecule has 1 aliphatic rings. The van der Waals surface area contributed by atoms with Crippen LogP contribution < -0.4 is 0 Å². The number of nitrogens with zero attached hydrogens (tertiary/aromatic N) is 2. The third-order valence-electron chi connectivity index (χ3n) is 3.20. The van der Waals surface area contributed by atoms with Crippen LogP contribution in [0.2, 0.25) is 0 Å². The topological polar surface area (TPSA) is 17.8 Å². The number of rotatable bonds is 2. The molecule has 1 saturated carbocycles. The van der Waals surface area contributed by atoms with E-state index in [9.17, 15) is 0 Å². The normalized spacial score (nSPS) is 17.9. The molecule has 0 spiro atoms. The fourth-order valence-corrected chi connectivity index (χ4v) is 2.57. The Balaban J connectivity index is 2.12. The quantitative estimate of drug-likeness (QED) is 0.793. The molecule has 1 heterocycles. The van der Waals surface area contributed by atoms with Gasteiger partial charge in [-0.2, -0.15) is 5.10 Å². The Morgan fingerprint density at radius 1 is 1.36 bits per heavy atom. The molecular weight excluding hydrogens is 240 g/mol. The highest BCUT2D eigenvalue weighted by Gasteiger charge is 2.18. The minimum atomic E-state index is 0.861. The van der Waals surface area contributed by atoms with Gasteiger partial charge in [-0.15, -0.1) is 0 Å². The number of aryl methyl sites for hydroxylation is 1. The van der Waals surface area contributed by atoms with Crippen LogP contribution in [0.5, 0.6) is 0 Å². The van der Waals surface area contributed by atoms with E-state index >= 15 is 0 Å². The first-order valence-corrected chi connectivity index (χ1v) is 6.17. The average molecular weight is 257 g/mol. The summed E-state index contributed by atoms with van der Waals surface area (Å²) in [6.07, 6.45) is 5.59. The maximum Gasteiger partial charge on any atom is 0.0738 e. The molecule has 2 nitrogen and oxygen atoms in total. The van der Waals surface area contributed by atoms with Crippen molar-refractivity contribution >= 4 is 15.9 Å². The van der Waals surface area contributed by atoms with Crippen LogP contribution in [0.1, 0.15) is 37.1 Å². The second-order valence-corrected chi connectivity index (χ2v) is 5.11. The van der Waals surface area contributed by atoms with Crippen LogP contribution >= 0.6 is 15.9 Å². The van der Waals surface area contributed by atoms with Crippen molar-refractivity contribution in [3.8, 4) is 0 Å². The fourth-order valence-electron chi connectivity index (χ4n) is 2.29. The number of halogens is 1. The lowest BCUT2D eigenvalue weighted by atomic mass is 10.1. The summed E-state index contributed by atoms with van der Waals surface area (Å²) in [7, 11) is 0. The summed E-state index contributed by atoms with van der Waals surface area (Å²) in [6.45, 7) is 5.31. The lowest BCUT2D eigenvalue weighted by Gasteiger charge is -2.10. The molecule has 1 fully saturated rings. The highest BCUT2D eigenvalue weighted by Crippen LogP contribution is 2.28. The lowest BCUT2D eigenvalue weighted by molar-refractivity contribution is 0.421. The highest BCUT2D eigenvalue weighted by atomic mass is 79.9.